The first-order valence-corrected chi connectivity index (χ1v) is 9.83. The van der Waals surface area contributed by atoms with E-state index >= 15 is 0 Å². The molecule has 6 heteroatoms. The molecule has 0 fully saturated rings. The Morgan fingerprint density at radius 3 is 2.82 bits per heavy atom. The molecule has 5 nitrogen and oxygen atoms in total. The van der Waals surface area contributed by atoms with E-state index in [0.29, 0.717) is 13.2 Å². The zero-order valence-corrected chi connectivity index (χ0v) is 16.5. The average Bonchev–Trinajstić information content (AvgIpc) is 3.15. The van der Waals surface area contributed by atoms with E-state index in [0.717, 1.165) is 32.8 Å². The van der Waals surface area contributed by atoms with Gasteiger partial charge in [-0.3, -0.25) is 9.78 Å². The van der Waals surface area contributed by atoms with E-state index in [-0.39, 0.29) is 5.56 Å². The minimum absolute atomic E-state index is 0.0371. The van der Waals surface area contributed by atoms with Crippen molar-refractivity contribution in [2.24, 2.45) is 0 Å². The van der Waals surface area contributed by atoms with Gasteiger partial charge in [0, 0.05) is 40.4 Å². The molecular weight excluding hydrogens is 372 g/mol. The van der Waals surface area contributed by atoms with Crippen LogP contribution in [-0.2, 0) is 6.54 Å². The maximum Gasteiger partial charge on any atom is 0.250 e. The number of aromatic nitrogens is 2. The molecule has 0 N–H and O–H groups in total. The van der Waals surface area contributed by atoms with Crippen LogP contribution in [0, 0.1) is 6.92 Å². The minimum atomic E-state index is -0.0371. The summed E-state index contributed by atoms with van der Waals surface area (Å²) in [5.41, 5.74) is 3.04. The van der Waals surface area contributed by atoms with E-state index in [4.69, 9.17) is 9.47 Å². The van der Waals surface area contributed by atoms with Gasteiger partial charge in [0.05, 0.1) is 19.2 Å². The number of benzene rings is 1. The van der Waals surface area contributed by atoms with Crippen molar-refractivity contribution in [2.75, 3.05) is 13.7 Å². The van der Waals surface area contributed by atoms with Crippen LogP contribution in [0.5, 0.6) is 11.5 Å². The van der Waals surface area contributed by atoms with Gasteiger partial charge in [-0.15, -0.1) is 11.3 Å². The Bertz CT molecular complexity index is 1180. The average molecular weight is 392 g/mol. The summed E-state index contributed by atoms with van der Waals surface area (Å²) in [6.45, 7) is 2.92. The van der Waals surface area contributed by atoms with Gasteiger partial charge in [-0.25, -0.2) is 0 Å². The highest BCUT2D eigenvalue weighted by Gasteiger charge is 2.07. The number of methoxy groups -OCH3 is 1. The lowest BCUT2D eigenvalue weighted by Crippen LogP contribution is -2.21. The van der Waals surface area contributed by atoms with Crippen molar-refractivity contribution in [3.63, 3.8) is 0 Å². The maximum absolute atomic E-state index is 12.2. The number of aryl methyl sites for hydroxylation is 1. The number of fused-ring (bicyclic) bond motifs is 1. The molecule has 0 radical (unpaired) electrons. The van der Waals surface area contributed by atoms with E-state index in [9.17, 15) is 4.79 Å². The van der Waals surface area contributed by atoms with E-state index < -0.39 is 0 Å². The fraction of sp³-hybridized carbons (Fsp3) is 0.182. The summed E-state index contributed by atoms with van der Waals surface area (Å²) >= 11 is 1.68. The van der Waals surface area contributed by atoms with E-state index in [1.54, 1.807) is 35.3 Å². The largest absolute Gasteiger partial charge is 0.497 e. The molecule has 0 unspecified atom stereocenters. The molecule has 0 bridgehead atoms. The first kappa shape index (κ1) is 18.3. The molecule has 0 atom stereocenters. The Labute approximate surface area is 166 Å². The molecule has 3 aromatic heterocycles. The van der Waals surface area contributed by atoms with Crippen LogP contribution in [0.2, 0.25) is 0 Å². The number of pyridine rings is 2. The molecule has 0 aliphatic rings. The zero-order valence-electron chi connectivity index (χ0n) is 15.7. The zero-order chi connectivity index (χ0) is 19.5. The van der Waals surface area contributed by atoms with Gasteiger partial charge in [-0.1, -0.05) is 0 Å². The van der Waals surface area contributed by atoms with Gasteiger partial charge in [0.1, 0.15) is 18.1 Å². The number of rotatable bonds is 6. The van der Waals surface area contributed by atoms with Crippen molar-refractivity contribution in [1.29, 1.82) is 0 Å². The molecule has 0 spiro atoms. The molecule has 0 amide bonds. The van der Waals surface area contributed by atoms with Crippen molar-refractivity contribution in [3.8, 4) is 21.9 Å². The second kappa shape index (κ2) is 7.86. The highest BCUT2D eigenvalue weighted by molar-refractivity contribution is 7.13. The lowest BCUT2D eigenvalue weighted by atomic mass is 10.2. The summed E-state index contributed by atoms with van der Waals surface area (Å²) in [7, 11) is 1.63. The van der Waals surface area contributed by atoms with Crippen molar-refractivity contribution in [1.82, 2.24) is 9.55 Å². The van der Waals surface area contributed by atoms with Crippen LogP contribution in [0.15, 0.2) is 65.0 Å². The predicted molar refractivity (Wildman–Crippen MR) is 113 cm³/mol. The van der Waals surface area contributed by atoms with Gasteiger partial charge < -0.3 is 14.0 Å². The number of ether oxygens (including phenoxy) is 2. The van der Waals surface area contributed by atoms with Gasteiger partial charge in [-0.05, 0) is 48.2 Å². The lowest BCUT2D eigenvalue weighted by molar-refractivity contribution is 0.299. The van der Waals surface area contributed by atoms with Gasteiger partial charge in [-0.2, -0.15) is 0 Å². The summed E-state index contributed by atoms with van der Waals surface area (Å²) in [5, 5.41) is 3.02. The molecule has 0 saturated carbocycles. The molecular formula is C22H20N2O3S. The lowest BCUT2D eigenvalue weighted by Gasteiger charge is -2.11. The normalized spacial score (nSPS) is 10.9. The predicted octanol–water partition coefficient (Wildman–Crippen LogP) is 4.52. The van der Waals surface area contributed by atoms with E-state index in [1.807, 2.05) is 36.5 Å². The molecule has 4 rings (SSSR count). The standard InChI is InChI=1S/C22H20N2O3S/c1-15-11-21(28-14-15)16-3-6-22(25)24(13-16)9-10-27-20-7-8-23-19-12-17(26-2)4-5-18(19)20/h3-8,11-14H,9-10H2,1-2H3. The fourth-order valence-electron chi connectivity index (χ4n) is 3.04. The van der Waals surface area contributed by atoms with Crippen molar-refractivity contribution in [3.05, 3.63) is 76.2 Å². The third kappa shape index (κ3) is 3.77. The van der Waals surface area contributed by atoms with Gasteiger partial charge in [0.2, 0.25) is 0 Å². The summed E-state index contributed by atoms with van der Waals surface area (Å²) in [6, 6.07) is 13.1. The summed E-state index contributed by atoms with van der Waals surface area (Å²) in [4.78, 5) is 17.7. The molecule has 142 valence electrons. The third-order valence-corrected chi connectivity index (χ3v) is 5.60. The summed E-state index contributed by atoms with van der Waals surface area (Å²) in [6.07, 6.45) is 3.61. The molecule has 3 heterocycles. The van der Waals surface area contributed by atoms with Crippen LogP contribution in [0.25, 0.3) is 21.3 Å². The summed E-state index contributed by atoms with van der Waals surface area (Å²) < 4.78 is 12.9. The van der Waals surface area contributed by atoms with Gasteiger partial charge >= 0.3 is 0 Å². The van der Waals surface area contributed by atoms with Crippen LogP contribution in [0.1, 0.15) is 5.56 Å². The Morgan fingerprint density at radius 1 is 1.14 bits per heavy atom. The molecule has 0 aliphatic carbocycles. The Balaban J connectivity index is 1.51. The maximum atomic E-state index is 12.2. The van der Waals surface area contributed by atoms with Crippen LogP contribution < -0.4 is 15.0 Å². The van der Waals surface area contributed by atoms with Crippen molar-refractivity contribution >= 4 is 22.2 Å². The smallest absolute Gasteiger partial charge is 0.250 e. The molecule has 1 aromatic carbocycles. The minimum Gasteiger partial charge on any atom is -0.497 e. The number of nitrogens with zero attached hydrogens (tertiary/aromatic N) is 2. The van der Waals surface area contributed by atoms with Crippen molar-refractivity contribution in [2.45, 2.75) is 13.5 Å². The Kier molecular flexibility index (Phi) is 5.12. The second-order valence-electron chi connectivity index (χ2n) is 6.48. The highest BCUT2D eigenvalue weighted by Crippen LogP contribution is 2.27. The van der Waals surface area contributed by atoms with Crippen molar-refractivity contribution < 1.29 is 9.47 Å². The monoisotopic (exact) mass is 392 g/mol. The Hall–Kier alpha value is -3.12. The number of hydrogen-bond acceptors (Lipinski definition) is 5. The molecule has 0 aliphatic heterocycles. The Morgan fingerprint density at radius 2 is 2.04 bits per heavy atom. The van der Waals surface area contributed by atoms with E-state index in [2.05, 4.69) is 23.4 Å². The SMILES string of the molecule is COc1ccc2c(OCCn3cc(-c4cc(C)cs4)ccc3=O)ccnc2c1. The van der Waals surface area contributed by atoms with Crippen LogP contribution in [0.4, 0.5) is 0 Å². The van der Waals surface area contributed by atoms with Crippen LogP contribution >= 0.6 is 11.3 Å². The molecule has 0 saturated heterocycles. The highest BCUT2D eigenvalue weighted by atomic mass is 32.1. The fourth-order valence-corrected chi connectivity index (χ4v) is 3.93. The van der Waals surface area contributed by atoms with Crippen LogP contribution in [-0.4, -0.2) is 23.3 Å². The topological polar surface area (TPSA) is 53.4 Å². The number of thiophene rings is 1. The van der Waals surface area contributed by atoms with Crippen LogP contribution in [0.3, 0.4) is 0 Å². The third-order valence-electron chi connectivity index (χ3n) is 4.50. The van der Waals surface area contributed by atoms with Gasteiger partial charge in [0.15, 0.2) is 0 Å². The first-order chi connectivity index (χ1) is 13.6. The van der Waals surface area contributed by atoms with E-state index in [1.165, 1.54) is 5.56 Å². The number of hydrogen-bond donors (Lipinski definition) is 0. The summed E-state index contributed by atoms with van der Waals surface area (Å²) in [5.74, 6) is 1.50. The molecule has 28 heavy (non-hydrogen) atoms. The second-order valence-corrected chi connectivity index (χ2v) is 7.39. The van der Waals surface area contributed by atoms with Gasteiger partial charge in [0.25, 0.3) is 5.56 Å². The first-order valence-electron chi connectivity index (χ1n) is 8.95. The molecule has 4 aromatic rings. The quantitative estimate of drug-likeness (QED) is 0.484.